The maximum Gasteiger partial charge on any atom is 0.337 e. The zero-order chi connectivity index (χ0) is 12.3. The van der Waals surface area contributed by atoms with Crippen molar-refractivity contribution in [2.24, 2.45) is 0 Å². The van der Waals surface area contributed by atoms with Crippen LogP contribution in [0.15, 0.2) is 41.5 Å². The summed E-state index contributed by atoms with van der Waals surface area (Å²) in [6, 6.07) is 5.64. The Labute approximate surface area is 95.5 Å². The number of carboxylic acids is 1. The maximum atomic E-state index is 10.8. The summed E-state index contributed by atoms with van der Waals surface area (Å²) in [5, 5.41) is 8.68. The maximum absolute atomic E-state index is 10.8. The molecule has 2 heterocycles. The number of aromatic amines is 1. The lowest BCUT2D eigenvalue weighted by Crippen LogP contribution is -2.02. The summed E-state index contributed by atoms with van der Waals surface area (Å²) in [6.07, 6.45) is 2.60. The summed E-state index contributed by atoms with van der Waals surface area (Å²) in [5.41, 5.74) is -0.148. The molecule has 0 fully saturated rings. The molecule has 6 heteroatoms. The first-order chi connectivity index (χ1) is 8.15. The minimum atomic E-state index is -1.05. The van der Waals surface area contributed by atoms with Crippen LogP contribution in [0.4, 0.5) is 0 Å². The van der Waals surface area contributed by atoms with Crippen molar-refractivity contribution in [1.29, 1.82) is 0 Å². The third-order valence-electron chi connectivity index (χ3n) is 1.96. The molecule has 0 atom stereocenters. The molecular weight excluding hydrogens is 224 g/mol. The smallest absolute Gasteiger partial charge is 0.337 e. The molecule has 2 N–H and O–H groups in total. The predicted molar refractivity (Wildman–Crippen MR) is 58.3 cm³/mol. The first kappa shape index (κ1) is 10.9. The average molecular weight is 232 g/mol. The Morgan fingerprint density at radius 2 is 2.12 bits per heavy atom. The van der Waals surface area contributed by atoms with Crippen molar-refractivity contribution in [3.63, 3.8) is 0 Å². The number of pyridine rings is 2. The fourth-order valence-corrected chi connectivity index (χ4v) is 1.15. The van der Waals surface area contributed by atoms with Crippen LogP contribution in [-0.2, 0) is 0 Å². The van der Waals surface area contributed by atoms with E-state index in [4.69, 9.17) is 9.84 Å². The molecule has 0 aliphatic heterocycles. The largest absolute Gasteiger partial charge is 0.478 e. The van der Waals surface area contributed by atoms with E-state index in [9.17, 15) is 9.59 Å². The summed E-state index contributed by atoms with van der Waals surface area (Å²) in [6.45, 7) is 0. The second-order valence-corrected chi connectivity index (χ2v) is 3.18. The molecule has 0 aliphatic rings. The van der Waals surface area contributed by atoms with Gasteiger partial charge in [0.1, 0.15) is 5.75 Å². The molecule has 0 aromatic carbocycles. The zero-order valence-electron chi connectivity index (χ0n) is 8.58. The summed E-state index contributed by atoms with van der Waals surface area (Å²) in [4.78, 5) is 27.7. The van der Waals surface area contributed by atoms with Crippen LogP contribution in [0.2, 0.25) is 0 Å². The van der Waals surface area contributed by atoms with Gasteiger partial charge in [0.25, 0.3) is 0 Å². The van der Waals surface area contributed by atoms with Crippen LogP contribution in [0.5, 0.6) is 11.6 Å². The number of ether oxygens (including phenoxy) is 1. The Bertz CT molecular complexity index is 569. The molecule has 0 amide bonds. The van der Waals surface area contributed by atoms with E-state index in [1.807, 2.05) is 0 Å². The van der Waals surface area contributed by atoms with E-state index < -0.39 is 5.97 Å². The van der Waals surface area contributed by atoms with Crippen molar-refractivity contribution in [3.05, 3.63) is 52.6 Å². The minimum Gasteiger partial charge on any atom is -0.478 e. The Morgan fingerprint density at radius 1 is 1.29 bits per heavy atom. The van der Waals surface area contributed by atoms with Gasteiger partial charge in [-0.2, -0.15) is 0 Å². The van der Waals surface area contributed by atoms with E-state index in [1.54, 1.807) is 0 Å². The standard InChI is InChI=1S/C11H8N2O4/c14-9-3-2-8(6-12-9)17-10-4-1-7(5-13-10)11(15)16/h1-6H,(H,12,14)(H,15,16). The molecule has 0 spiro atoms. The van der Waals surface area contributed by atoms with Crippen molar-refractivity contribution in [2.45, 2.75) is 0 Å². The average Bonchev–Trinajstić information content (AvgIpc) is 2.33. The lowest BCUT2D eigenvalue weighted by atomic mass is 10.3. The van der Waals surface area contributed by atoms with Crippen LogP contribution in [0, 0.1) is 0 Å². The van der Waals surface area contributed by atoms with E-state index in [0.29, 0.717) is 5.75 Å². The van der Waals surface area contributed by atoms with Crippen molar-refractivity contribution >= 4 is 5.97 Å². The van der Waals surface area contributed by atoms with Gasteiger partial charge in [-0.1, -0.05) is 0 Å². The summed E-state index contributed by atoms with van der Waals surface area (Å²) in [5.74, 6) is -0.379. The van der Waals surface area contributed by atoms with Crippen LogP contribution < -0.4 is 10.3 Å². The van der Waals surface area contributed by atoms with Gasteiger partial charge >= 0.3 is 5.97 Å². The quantitative estimate of drug-likeness (QED) is 0.831. The second-order valence-electron chi connectivity index (χ2n) is 3.18. The van der Waals surface area contributed by atoms with Gasteiger partial charge in [-0.15, -0.1) is 0 Å². The fraction of sp³-hybridized carbons (Fsp3) is 0. The highest BCUT2D eigenvalue weighted by molar-refractivity contribution is 5.87. The number of hydrogen-bond acceptors (Lipinski definition) is 4. The molecule has 86 valence electrons. The molecular formula is C11H8N2O4. The Balaban J connectivity index is 2.16. The van der Waals surface area contributed by atoms with Crippen LogP contribution in [-0.4, -0.2) is 21.0 Å². The molecule has 2 aromatic heterocycles. The monoisotopic (exact) mass is 232 g/mol. The van der Waals surface area contributed by atoms with Crippen LogP contribution >= 0.6 is 0 Å². The number of nitrogens with one attached hydrogen (secondary N) is 1. The highest BCUT2D eigenvalue weighted by atomic mass is 16.5. The van der Waals surface area contributed by atoms with Crippen LogP contribution in [0.1, 0.15) is 10.4 Å². The number of nitrogens with zero attached hydrogens (tertiary/aromatic N) is 1. The molecule has 2 rings (SSSR count). The van der Waals surface area contributed by atoms with Gasteiger partial charge in [0.15, 0.2) is 0 Å². The number of carbonyl (C=O) groups is 1. The number of aromatic carboxylic acids is 1. The molecule has 17 heavy (non-hydrogen) atoms. The Hall–Kier alpha value is -2.63. The van der Waals surface area contributed by atoms with E-state index >= 15 is 0 Å². The van der Waals surface area contributed by atoms with Crippen molar-refractivity contribution in [2.75, 3.05) is 0 Å². The Kier molecular flexibility index (Phi) is 2.87. The number of rotatable bonds is 3. The fourth-order valence-electron chi connectivity index (χ4n) is 1.15. The van der Waals surface area contributed by atoms with E-state index in [1.165, 1.54) is 36.7 Å². The van der Waals surface area contributed by atoms with Gasteiger partial charge in [-0.3, -0.25) is 4.79 Å². The first-order valence-electron chi connectivity index (χ1n) is 4.71. The lowest BCUT2D eigenvalue weighted by molar-refractivity contribution is 0.0696. The molecule has 0 saturated heterocycles. The zero-order valence-corrected chi connectivity index (χ0v) is 8.58. The SMILES string of the molecule is O=C(O)c1ccc(Oc2ccc(=O)[nH]c2)nc1. The molecule has 0 unspecified atom stereocenters. The van der Waals surface area contributed by atoms with Gasteiger partial charge in [0.2, 0.25) is 11.4 Å². The third-order valence-corrected chi connectivity index (χ3v) is 1.96. The topological polar surface area (TPSA) is 92.3 Å². The molecule has 0 bridgehead atoms. The number of H-pyrrole nitrogens is 1. The van der Waals surface area contributed by atoms with E-state index in [-0.39, 0.29) is 17.0 Å². The predicted octanol–water partition coefficient (Wildman–Crippen LogP) is 1.26. The Morgan fingerprint density at radius 3 is 2.65 bits per heavy atom. The lowest BCUT2D eigenvalue weighted by Gasteiger charge is -2.03. The first-order valence-corrected chi connectivity index (χ1v) is 4.71. The number of aromatic nitrogens is 2. The van der Waals surface area contributed by atoms with Crippen molar-refractivity contribution < 1.29 is 14.6 Å². The van der Waals surface area contributed by atoms with E-state index in [0.717, 1.165) is 0 Å². The van der Waals surface area contributed by atoms with Crippen LogP contribution in [0.3, 0.4) is 0 Å². The molecule has 0 radical (unpaired) electrons. The highest BCUT2D eigenvalue weighted by Crippen LogP contribution is 2.16. The van der Waals surface area contributed by atoms with Gasteiger partial charge in [-0.25, -0.2) is 9.78 Å². The number of hydrogen-bond donors (Lipinski definition) is 2. The van der Waals surface area contributed by atoms with Crippen LogP contribution in [0.25, 0.3) is 0 Å². The summed E-state index contributed by atoms with van der Waals surface area (Å²) >= 11 is 0. The third kappa shape index (κ3) is 2.69. The molecule has 0 saturated carbocycles. The second kappa shape index (κ2) is 4.48. The van der Waals surface area contributed by atoms with Crippen molar-refractivity contribution in [3.8, 4) is 11.6 Å². The normalized spacial score (nSPS) is 9.88. The molecule has 0 aliphatic carbocycles. The minimum absolute atomic E-state index is 0.0822. The van der Waals surface area contributed by atoms with E-state index in [2.05, 4.69) is 9.97 Å². The highest BCUT2D eigenvalue weighted by Gasteiger charge is 2.04. The molecule has 6 nitrogen and oxygen atoms in total. The molecule has 2 aromatic rings. The van der Waals surface area contributed by atoms with Gasteiger partial charge in [-0.05, 0) is 12.1 Å². The van der Waals surface area contributed by atoms with Gasteiger partial charge in [0, 0.05) is 24.5 Å². The summed E-state index contributed by atoms with van der Waals surface area (Å²) < 4.78 is 5.29. The van der Waals surface area contributed by atoms with Crippen molar-refractivity contribution in [1.82, 2.24) is 9.97 Å². The van der Waals surface area contributed by atoms with Gasteiger partial charge < -0.3 is 14.8 Å². The van der Waals surface area contributed by atoms with Gasteiger partial charge in [0.05, 0.1) is 5.56 Å². The number of carboxylic acid groups (broad SMARTS) is 1. The summed E-state index contributed by atoms with van der Waals surface area (Å²) in [7, 11) is 0.